The van der Waals surface area contributed by atoms with E-state index < -0.39 is 5.91 Å². The molecule has 2 aromatic carbocycles. The van der Waals surface area contributed by atoms with Gasteiger partial charge in [0.15, 0.2) is 35.7 Å². The molecular formula is C44H66Cl4N10O7. The lowest BCUT2D eigenvalue weighted by molar-refractivity contribution is -0.933. The molecule has 0 saturated carbocycles. The number of nitrogen functional groups attached to an aromatic ring is 2. The highest BCUT2D eigenvalue weighted by Gasteiger charge is 2.36. The fourth-order valence-corrected chi connectivity index (χ4v) is 8.53. The maximum Gasteiger partial charge on any atom is 0.274 e. The maximum absolute atomic E-state index is 13.4. The lowest BCUT2D eigenvalue weighted by atomic mass is 9.99. The topological polar surface area (TPSA) is 209 Å². The summed E-state index contributed by atoms with van der Waals surface area (Å²) in [5, 5.41) is 8.92. The predicted molar refractivity (Wildman–Crippen MR) is 252 cm³/mol. The Balaban J connectivity index is 0.00000374. The Hall–Kier alpha value is -3.91. The minimum absolute atomic E-state index is 0. The summed E-state index contributed by atoms with van der Waals surface area (Å²) in [5.74, 6) is 0.426. The average Bonchev–Trinajstić information content (AvgIpc) is 3.26. The number of likely N-dealkylation sites (N-methyl/N-ethyl adjacent to an activating group) is 2. The van der Waals surface area contributed by atoms with Crippen LogP contribution in [0.2, 0.25) is 5.15 Å². The highest BCUT2D eigenvalue weighted by Crippen LogP contribution is 2.25. The molecule has 0 bridgehead atoms. The van der Waals surface area contributed by atoms with Crippen LogP contribution in [0.15, 0.2) is 48.5 Å². The lowest BCUT2D eigenvalue weighted by Gasteiger charge is -2.45. The zero-order valence-corrected chi connectivity index (χ0v) is 40.5. The number of quaternary nitrogens is 1. The molecule has 17 nitrogen and oxygen atoms in total. The first-order valence-corrected chi connectivity index (χ1v) is 22.1. The molecule has 3 aliphatic heterocycles. The molecule has 3 amide bonds. The van der Waals surface area contributed by atoms with Crippen molar-refractivity contribution in [2.24, 2.45) is 0 Å². The largest absolute Gasteiger partial charge is 1.00 e. The molecule has 3 atom stereocenters. The van der Waals surface area contributed by atoms with Crippen molar-refractivity contribution in [1.82, 2.24) is 35.7 Å². The highest BCUT2D eigenvalue weighted by molar-refractivity contribution is 6.31. The number of aromatic nitrogens is 2. The van der Waals surface area contributed by atoms with E-state index in [4.69, 9.17) is 42.0 Å². The third kappa shape index (κ3) is 18.0. The van der Waals surface area contributed by atoms with Crippen molar-refractivity contribution in [3.05, 3.63) is 70.5 Å². The van der Waals surface area contributed by atoms with Gasteiger partial charge in [-0.2, -0.15) is 0 Å². The number of amides is 3. The molecule has 0 spiro atoms. The van der Waals surface area contributed by atoms with Gasteiger partial charge in [0.25, 0.3) is 17.7 Å². The molecular weight excluding hydrogens is 922 g/mol. The summed E-state index contributed by atoms with van der Waals surface area (Å²) in [6.45, 7) is 9.12. The number of nitrogens with one attached hydrogen (secondary N) is 3. The van der Waals surface area contributed by atoms with Crippen molar-refractivity contribution in [1.29, 1.82) is 0 Å². The van der Waals surface area contributed by atoms with Crippen LogP contribution >= 0.6 is 36.4 Å². The standard InChI is InChI=1S/C44H63ClN10O7.3ClH/c1-53-17-22-59-36(26-53)24-48-38(56)29-61-34-13-9-31(10-14-34)6-3-19-55(21-5-8-33(28-55)50-44(58)40-42(46)52-43(47)41(45)51-40)20-4-7-32-11-15-35(16-12-32)62-30-39(57)49-25-37-27-54(2)18-23-60-37;;;/h9-16,33,36-37H,3-8,17-30H2,1-2H3,(H6-,46,47,48,49,50,52,56,57,58);3*1H/t33-,36?,37?,55?;;;/m0.../s1. The third-order valence-electron chi connectivity index (χ3n) is 11.8. The van der Waals surface area contributed by atoms with Crippen LogP contribution < -0.4 is 49.3 Å². The van der Waals surface area contributed by atoms with E-state index >= 15 is 0 Å². The number of morpholine rings is 2. The molecule has 6 rings (SSSR count). The highest BCUT2D eigenvalue weighted by atomic mass is 35.5. The quantitative estimate of drug-likeness (QED) is 0.0930. The van der Waals surface area contributed by atoms with Crippen molar-refractivity contribution in [2.75, 3.05) is 117 Å². The van der Waals surface area contributed by atoms with Gasteiger partial charge in [-0.15, -0.1) is 24.8 Å². The monoisotopic (exact) mass is 986 g/mol. The van der Waals surface area contributed by atoms with Crippen molar-refractivity contribution < 1.29 is 50.2 Å². The first kappa shape index (κ1) is 55.4. The Morgan fingerprint density at radius 1 is 0.785 bits per heavy atom. The van der Waals surface area contributed by atoms with Gasteiger partial charge in [0, 0.05) is 52.1 Å². The Morgan fingerprint density at radius 2 is 1.28 bits per heavy atom. The zero-order chi connectivity index (χ0) is 43.9. The first-order valence-electron chi connectivity index (χ1n) is 21.7. The van der Waals surface area contributed by atoms with Gasteiger partial charge in [0.2, 0.25) is 0 Å². The average molecular weight is 989 g/mol. The van der Waals surface area contributed by atoms with Crippen molar-refractivity contribution in [2.45, 2.75) is 56.8 Å². The molecule has 0 radical (unpaired) electrons. The first-order chi connectivity index (χ1) is 29.9. The Morgan fingerprint density at radius 3 is 1.75 bits per heavy atom. The van der Waals surface area contributed by atoms with Gasteiger partial charge >= 0.3 is 0 Å². The van der Waals surface area contributed by atoms with Gasteiger partial charge in [-0.3, -0.25) is 14.4 Å². The summed E-state index contributed by atoms with van der Waals surface area (Å²) in [6, 6.07) is 15.8. The van der Waals surface area contributed by atoms with Gasteiger partial charge in [-0.25, -0.2) is 9.97 Å². The van der Waals surface area contributed by atoms with Gasteiger partial charge in [-0.05, 0) is 75.2 Å². The number of piperidine rings is 1. The molecule has 3 fully saturated rings. The van der Waals surface area contributed by atoms with E-state index in [9.17, 15) is 14.4 Å². The Bertz CT molecular complexity index is 1850. The summed E-state index contributed by atoms with van der Waals surface area (Å²) >= 11 is 6.09. The number of aryl methyl sites for hydroxylation is 2. The number of halogens is 4. The van der Waals surface area contributed by atoms with Crippen LogP contribution in [0.1, 0.15) is 47.3 Å². The Labute approximate surface area is 406 Å². The number of hydrogen-bond acceptors (Lipinski definition) is 13. The van der Waals surface area contributed by atoms with E-state index in [0.717, 1.165) is 95.4 Å². The second-order valence-corrected chi connectivity index (χ2v) is 17.2. The minimum Gasteiger partial charge on any atom is -1.00 e. The van der Waals surface area contributed by atoms with Gasteiger partial charge in [0.1, 0.15) is 11.5 Å². The Kier molecular flexibility index (Phi) is 23.6. The fourth-order valence-electron chi connectivity index (χ4n) is 8.40. The summed E-state index contributed by atoms with van der Waals surface area (Å²) in [7, 11) is 4.09. The summed E-state index contributed by atoms with van der Waals surface area (Å²) in [4.78, 5) is 50.7. The van der Waals surface area contributed by atoms with E-state index in [1.165, 1.54) is 11.1 Å². The van der Waals surface area contributed by atoms with E-state index in [2.05, 4.69) is 60.0 Å². The number of carbonyl (C=O) groups excluding carboxylic acids is 3. The van der Waals surface area contributed by atoms with Crippen LogP contribution in [0.5, 0.6) is 11.5 Å². The van der Waals surface area contributed by atoms with Crippen molar-refractivity contribution in [3.8, 4) is 11.5 Å². The second kappa shape index (κ2) is 27.7. The number of likely N-dealkylation sites (tertiary alicyclic amines) is 1. The second-order valence-electron chi connectivity index (χ2n) is 16.8. The van der Waals surface area contributed by atoms with E-state index in [-0.39, 0.29) is 103 Å². The van der Waals surface area contributed by atoms with Crippen molar-refractivity contribution in [3.63, 3.8) is 0 Å². The number of ether oxygens (including phenoxy) is 4. The number of rotatable bonds is 20. The molecule has 1 aromatic heterocycles. The van der Waals surface area contributed by atoms with Crippen LogP contribution in [0.4, 0.5) is 11.6 Å². The van der Waals surface area contributed by atoms with Gasteiger partial charge < -0.3 is 73.1 Å². The van der Waals surface area contributed by atoms with Crippen LogP contribution in [-0.4, -0.2) is 166 Å². The lowest BCUT2D eigenvalue weighted by Crippen LogP contribution is -3.00. The van der Waals surface area contributed by atoms with Gasteiger partial charge in [-0.1, -0.05) is 35.9 Å². The fraction of sp³-hybridized carbons (Fsp3) is 0.568. The molecule has 65 heavy (non-hydrogen) atoms. The number of nitrogens with two attached hydrogens (primary N) is 2. The molecule has 21 heteroatoms. The number of anilines is 2. The predicted octanol–water partition coefficient (Wildman–Crippen LogP) is -0.232. The molecule has 3 saturated heterocycles. The van der Waals surface area contributed by atoms with Crippen LogP contribution in [-0.2, 0) is 31.9 Å². The number of hydrogen-bond donors (Lipinski definition) is 5. The van der Waals surface area contributed by atoms with Crippen LogP contribution in [0.3, 0.4) is 0 Å². The molecule has 3 aromatic rings. The number of benzene rings is 2. The summed E-state index contributed by atoms with van der Waals surface area (Å²) < 4.78 is 23.9. The van der Waals surface area contributed by atoms with Crippen LogP contribution in [0, 0.1) is 0 Å². The van der Waals surface area contributed by atoms with E-state index in [0.29, 0.717) is 37.8 Å². The molecule has 7 N–H and O–H groups in total. The van der Waals surface area contributed by atoms with E-state index in [1.54, 1.807) is 0 Å². The molecule has 3 aliphatic rings. The van der Waals surface area contributed by atoms with E-state index in [1.807, 2.05) is 38.4 Å². The maximum atomic E-state index is 13.4. The SMILES string of the molecule is CN1CCOC(CNC(=O)COc2ccc(CCC[N+]3(CCCc4ccc(OCC(=O)NCC5CN(C)CCO5)cc4)CCC[C@H](NC(=O)c4nc(Cl)c(N)nc4N)C3)cc2)C1.Cl.Cl.[Cl-]. The molecule has 362 valence electrons. The molecule has 0 aliphatic carbocycles. The zero-order valence-electron chi connectivity index (χ0n) is 37.3. The van der Waals surface area contributed by atoms with Gasteiger partial charge in [0.05, 0.1) is 57.6 Å². The number of carbonyl (C=O) groups is 3. The van der Waals surface area contributed by atoms with Crippen molar-refractivity contribution >= 4 is 65.8 Å². The number of nitrogens with zero attached hydrogens (tertiary/aromatic N) is 5. The summed E-state index contributed by atoms with van der Waals surface area (Å²) in [5.41, 5.74) is 14.1. The normalized spacial score (nSPS) is 21.1. The summed E-state index contributed by atoms with van der Waals surface area (Å²) in [6.07, 6.45) is 5.37. The minimum atomic E-state index is -0.418. The molecule has 4 heterocycles. The third-order valence-corrected chi connectivity index (χ3v) is 12.0. The smallest absolute Gasteiger partial charge is 0.274 e. The molecule has 2 unspecified atom stereocenters. The van der Waals surface area contributed by atoms with Crippen LogP contribution in [0.25, 0.3) is 0 Å².